The first-order chi connectivity index (χ1) is 11.0. The fraction of sp³-hybridized carbons (Fsp3) is 0.688. The molecule has 1 aromatic heterocycles. The fourth-order valence-corrected chi connectivity index (χ4v) is 3.27. The third-order valence-corrected chi connectivity index (χ3v) is 4.65. The van der Waals surface area contributed by atoms with Gasteiger partial charge in [0.25, 0.3) is 0 Å². The van der Waals surface area contributed by atoms with Gasteiger partial charge in [0, 0.05) is 18.0 Å². The van der Waals surface area contributed by atoms with E-state index in [0.29, 0.717) is 23.3 Å². The van der Waals surface area contributed by atoms with Crippen molar-refractivity contribution in [1.82, 2.24) is 15.6 Å². The monoisotopic (exact) mass is 338 g/mol. The molecule has 0 aliphatic heterocycles. The van der Waals surface area contributed by atoms with Gasteiger partial charge in [0.2, 0.25) is 5.91 Å². The van der Waals surface area contributed by atoms with E-state index >= 15 is 0 Å². The maximum atomic E-state index is 11.9. The second-order valence-electron chi connectivity index (χ2n) is 6.43. The van der Waals surface area contributed by atoms with Gasteiger partial charge in [-0.15, -0.1) is 11.3 Å². The molecule has 2 rings (SSSR count). The minimum Gasteiger partial charge on any atom is -0.356 e. The maximum absolute atomic E-state index is 11.9. The quantitative estimate of drug-likeness (QED) is 0.715. The van der Waals surface area contributed by atoms with Crippen molar-refractivity contribution in [3.63, 3.8) is 0 Å². The number of urea groups is 1. The normalized spacial score (nSPS) is 14.9. The average Bonchev–Trinajstić information content (AvgIpc) is 3.10. The van der Waals surface area contributed by atoms with Crippen LogP contribution in [0.15, 0.2) is 5.38 Å². The maximum Gasteiger partial charge on any atom is 0.321 e. The molecule has 1 aliphatic carbocycles. The van der Waals surface area contributed by atoms with Crippen molar-refractivity contribution in [3.05, 3.63) is 11.1 Å². The highest BCUT2D eigenvalue weighted by Gasteiger charge is 2.17. The van der Waals surface area contributed by atoms with Crippen molar-refractivity contribution < 1.29 is 9.59 Å². The Morgan fingerprint density at radius 1 is 1.35 bits per heavy atom. The van der Waals surface area contributed by atoms with Crippen LogP contribution in [0.1, 0.15) is 51.6 Å². The number of thiazole rings is 1. The summed E-state index contributed by atoms with van der Waals surface area (Å²) >= 11 is 1.34. The summed E-state index contributed by atoms with van der Waals surface area (Å²) in [5.74, 6) is 0.543. The summed E-state index contributed by atoms with van der Waals surface area (Å²) in [5.41, 5.74) is 0.688. The number of hydrogen-bond acceptors (Lipinski definition) is 4. The van der Waals surface area contributed by atoms with Gasteiger partial charge in [-0.25, -0.2) is 9.78 Å². The van der Waals surface area contributed by atoms with Crippen molar-refractivity contribution in [2.45, 2.75) is 58.4 Å². The fourth-order valence-electron chi connectivity index (χ4n) is 2.56. The smallest absolute Gasteiger partial charge is 0.321 e. The molecule has 0 atom stereocenters. The largest absolute Gasteiger partial charge is 0.356 e. The zero-order chi connectivity index (χ0) is 16.7. The molecule has 6 nitrogen and oxygen atoms in total. The molecule has 0 radical (unpaired) electrons. The molecule has 3 N–H and O–H groups in total. The topological polar surface area (TPSA) is 83.1 Å². The summed E-state index contributed by atoms with van der Waals surface area (Å²) in [4.78, 5) is 28.0. The summed E-state index contributed by atoms with van der Waals surface area (Å²) in [5, 5.41) is 10.9. The van der Waals surface area contributed by atoms with Gasteiger partial charge in [0.1, 0.15) is 0 Å². The number of hydrogen-bond donors (Lipinski definition) is 3. The molecule has 1 aliphatic rings. The molecule has 23 heavy (non-hydrogen) atoms. The highest BCUT2D eigenvalue weighted by molar-refractivity contribution is 7.13. The van der Waals surface area contributed by atoms with Gasteiger partial charge in [-0.3, -0.25) is 10.1 Å². The first kappa shape index (κ1) is 17.7. The Hall–Kier alpha value is -1.63. The summed E-state index contributed by atoms with van der Waals surface area (Å²) < 4.78 is 0. The summed E-state index contributed by atoms with van der Waals surface area (Å²) in [6, 6.07) is 0.0698. The van der Waals surface area contributed by atoms with Gasteiger partial charge in [0.05, 0.1) is 12.1 Å². The molecule has 3 amide bonds. The third-order valence-electron chi connectivity index (χ3n) is 3.85. The Balaban J connectivity index is 1.71. The van der Waals surface area contributed by atoms with Crippen LogP contribution in [0.25, 0.3) is 0 Å². The van der Waals surface area contributed by atoms with E-state index in [4.69, 9.17) is 0 Å². The molecule has 128 valence electrons. The molecule has 0 bridgehead atoms. The molecule has 0 spiro atoms. The van der Waals surface area contributed by atoms with E-state index in [2.05, 4.69) is 34.8 Å². The lowest BCUT2D eigenvalue weighted by Crippen LogP contribution is -2.36. The lowest BCUT2D eigenvalue weighted by molar-refractivity contribution is -0.120. The van der Waals surface area contributed by atoms with Crippen LogP contribution in [-0.2, 0) is 11.2 Å². The van der Waals surface area contributed by atoms with Gasteiger partial charge >= 0.3 is 6.03 Å². The minimum absolute atomic E-state index is 0.0297. The predicted octanol–water partition coefficient (Wildman–Crippen LogP) is 2.91. The Morgan fingerprint density at radius 3 is 2.78 bits per heavy atom. The van der Waals surface area contributed by atoms with Crippen LogP contribution in [0.4, 0.5) is 9.93 Å². The lowest BCUT2D eigenvalue weighted by Gasteiger charge is -2.11. The average molecular weight is 338 g/mol. The first-order valence-corrected chi connectivity index (χ1v) is 9.19. The standard InChI is InChI=1S/C16H26N4O2S/c1-11(2)7-8-17-14(21)9-13-10-23-16(19-13)20-15(22)18-12-5-3-4-6-12/h10-12H,3-9H2,1-2H3,(H,17,21)(H2,18,19,20,22). The van der Waals surface area contributed by atoms with Crippen LogP contribution in [0.3, 0.4) is 0 Å². The van der Waals surface area contributed by atoms with Gasteiger partial charge in [-0.05, 0) is 25.2 Å². The number of carbonyl (C=O) groups excluding carboxylic acids is 2. The van der Waals surface area contributed by atoms with Gasteiger partial charge in [-0.2, -0.15) is 0 Å². The molecule has 1 fully saturated rings. The van der Waals surface area contributed by atoms with Crippen molar-refractivity contribution in [2.24, 2.45) is 5.92 Å². The number of carbonyl (C=O) groups is 2. The van der Waals surface area contributed by atoms with Crippen molar-refractivity contribution in [3.8, 4) is 0 Å². The van der Waals surface area contributed by atoms with Crippen molar-refractivity contribution in [1.29, 1.82) is 0 Å². The first-order valence-electron chi connectivity index (χ1n) is 8.31. The third kappa shape index (κ3) is 6.56. The Labute approximate surface area is 141 Å². The van der Waals surface area contributed by atoms with E-state index in [9.17, 15) is 9.59 Å². The number of aromatic nitrogens is 1. The molecule has 1 saturated carbocycles. The molecule has 0 saturated heterocycles. The second-order valence-corrected chi connectivity index (χ2v) is 7.29. The number of anilines is 1. The molecule has 0 unspecified atom stereocenters. The molecular weight excluding hydrogens is 312 g/mol. The van der Waals surface area contributed by atoms with Gasteiger partial charge in [-0.1, -0.05) is 26.7 Å². The van der Waals surface area contributed by atoms with Crippen molar-refractivity contribution >= 4 is 28.4 Å². The van der Waals surface area contributed by atoms with Crippen LogP contribution < -0.4 is 16.0 Å². The van der Waals surface area contributed by atoms with E-state index in [1.807, 2.05) is 5.38 Å². The molecule has 7 heteroatoms. The lowest BCUT2D eigenvalue weighted by atomic mass is 10.1. The van der Waals surface area contributed by atoms with Gasteiger partial charge < -0.3 is 10.6 Å². The van der Waals surface area contributed by atoms with Crippen LogP contribution in [0, 0.1) is 5.92 Å². The van der Waals surface area contributed by atoms with E-state index in [1.165, 1.54) is 24.2 Å². The SMILES string of the molecule is CC(C)CCNC(=O)Cc1csc(NC(=O)NC2CCCC2)n1. The number of nitrogens with zero attached hydrogens (tertiary/aromatic N) is 1. The number of nitrogens with one attached hydrogen (secondary N) is 3. The highest BCUT2D eigenvalue weighted by Crippen LogP contribution is 2.19. The van der Waals surface area contributed by atoms with Gasteiger partial charge in [0.15, 0.2) is 5.13 Å². The van der Waals surface area contributed by atoms with Crippen LogP contribution in [0.2, 0.25) is 0 Å². The van der Waals surface area contributed by atoms with E-state index < -0.39 is 0 Å². The number of rotatable bonds is 7. The minimum atomic E-state index is -0.209. The summed E-state index contributed by atoms with van der Waals surface area (Å²) in [7, 11) is 0. The van der Waals surface area contributed by atoms with Crippen LogP contribution in [-0.4, -0.2) is 29.5 Å². The highest BCUT2D eigenvalue weighted by atomic mass is 32.1. The zero-order valence-corrected chi connectivity index (χ0v) is 14.7. The van der Waals surface area contributed by atoms with Crippen LogP contribution in [0.5, 0.6) is 0 Å². The molecule has 1 aromatic rings. The number of amides is 3. The molecule has 1 heterocycles. The molecule has 0 aromatic carbocycles. The second kappa shape index (κ2) is 8.86. The van der Waals surface area contributed by atoms with Crippen molar-refractivity contribution in [2.75, 3.05) is 11.9 Å². The van der Waals surface area contributed by atoms with E-state index in [1.54, 1.807) is 0 Å². The van der Waals surface area contributed by atoms with Crippen LogP contribution >= 0.6 is 11.3 Å². The Kier molecular flexibility index (Phi) is 6.83. The summed E-state index contributed by atoms with van der Waals surface area (Å²) in [6.45, 7) is 4.94. The van der Waals surface area contributed by atoms with E-state index in [0.717, 1.165) is 19.3 Å². The Bertz CT molecular complexity index is 524. The van der Waals surface area contributed by atoms with E-state index in [-0.39, 0.29) is 24.4 Å². The molecular formula is C16H26N4O2S. The predicted molar refractivity (Wildman–Crippen MR) is 92.7 cm³/mol. The summed E-state index contributed by atoms with van der Waals surface area (Å²) in [6.07, 6.45) is 5.67. The zero-order valence-electron chi connectivity index (χ0n) is 13.9. The Morgan fingerprint density at radius 2 is 2.09 bits per heavy atom.